The van der Waals surface area contributed by atoms with Gasteiger partial charge in [-0.1, -0.05) is 241 Å². The molecule has 0 radical (unpaired) electrons. The number of fused-ring (bicyclic) bond motifs is 7. The van der Waals surface area contributed by atoms with E-state index in [2.05, 4.69) is 216 Å². The van der Waals surface area contributed by atoms with Crippen LogP contribution in [0.15, 0.2) is 157 Å². The van der Waals surface area contributed by atoms with Gasteiger partial charge in [-0.05, 0) is 199 Å². The molecule has 0 aromatic carbocycles. The Kier molecular flexibility index (Phi) is 54.8. The molecule has 0 aliphatic heterocycles. The van der Waals surface area contributed by atoms with Crippen molar-refractivity contribution in [2.24, 2.45) is 110 Å². The number of halogens is 10. The van der Waals surface area contributed by atoms with E-state index in [1.165, 1.54) is 103 Å². The first-order valence-corrected chi connectivity index (χ1v) is 57.7. The van der Waals surface area contributed by atoms with E-state index in [1.54, 1.807) is 11.1 Å². The summed E-state index contributed by atoms with van der Waals surface area (Å²) in [5, 5.41) is 0. The second-order valence-electron chi connectivity index (χ2n) is 28.8. The summed E-state index contributed by atoms with van der Waals surface area (Å²) in [6, 6.07) is 0. The summed E-state index contributed by atoms with van der Waals surface area (Å²) in [5.41, 5.74) is 4.38. The molecule has 14 heteroatoms. The molecule has 12 aliphatic carbocycles. The Balaban J connectivity index is -0.00000110. The third kappa shape index (κ3) is 33.0. The molecule has 0 aromatic rings. The maximum absolute atomic E-state index is 4.97. The van der Waals surface area contributed by atoms with Crippen LogP contribution in [0.4, 0.5) is 0 Å². The molecule has 6 fully saturated rings. The molecule has 0 amide bonds. The third-order valence-electron chi connectivity index (χ3n) is 20.6. The van der Waals surface area contributed by atoms with Gasteiger partial charge in [0, 0.05) is 0 Å². The fourth-order valence-electron chi connectivity index (χ4n) is 16.4. The molecule has 0 nitrogen and oxygen atoms in total. The number of allylic oxidation sites excluding steroid dienone is 25. The average molecular weight is 1690 g/mol. The van der Waals surface area contributed by atoms with Crippen molar-refractivity contribution >= 4 is 89.9 Å². The first-order valence-electron chi connectivity index (χ1n) is 32.2. The van der Waals surface area contributed by atoms with Gasteiger partial charge in [-0.25, -0.2) is 0 Å². The van der Waals surface area contributed by atoms with E-state index in [9.17, 15) is 0 Å². The summed E-state index contributed by atoms with van der Waals surface area (Å²) < 4.78 is 0. The Morgan fingerprint density at radius 3 is 0.978 bits per heavy atom. The van der Waals surface area contributed by atoms with Crippen LogP contribution in [0.5, 0.6) is 0 Å². The molecule has 12 rings (SSSR count). The van der Waals surface area contributed by atoms with Gasteiger partial charge in [0.1, 0.15) is 0 Å². The molecule has 0 spiro atoms. The molecule has 6 saturated carbocycles. The summed E-state index contributed by atoms with van der Waals surface area (Å²) in [4.78, 5) is 0. The van der Waals surface area contributed by atoms with E-state index >= 15 is 0 Å². The summed E-state index contributed by atoms with van der Waals surface area (Å²) in [6.45, 7) is 28.2. The maximum atomic E-state index is 4.97. The molecule has 0 aromatic heterocycles. The number of hydrogen-bond donors (Lipinski definition) is 0. The predicted octanol–water partition coefficient (Wildman–Crippen LogP) is 30.3. The van der Waals surface area contributed by atoms with Crippen molar-refractivity contribution in [3.8, 4) is 0 Å². The summed E-state index contributed by atoms with van der Waals surface area (Å²) in [7, 11) is 49.6. The molecule has 0 bridgehead atoms. The average Bonchev–Trinajstić information content (AvgIpc) is 1.57. The van der Waals surface area contributed by atoms with Crippen molar-refractivity contribution in [1.82, 2.24) is 0 Å². The van der Waals surface area contributed by atoms with Gasteiger partial charge in [0.15, 0.2) is 0 Å². The Morgan fingerprint density at radius 2 is 0.696 bits per heavy atom. The Morgan fingerprint density at radius 1 is 0.402 bits per heavy atom. The third-order valence-corrected chi connectivity index (χ3v) is 20.6. The normalized spacial score (nSPS) is 29.7. The van der Waals surface area contributed by atoms with Crippen molar-refractivity contribution < 1.29 is 71.1 Å². The predicted molar refractivity (Wildman–Crippen MR) is 412 cm³/mol. The first kappa shape index (κ1) is 98.9. The van der Waals surface area contributed by atoms with Gasteiger partial charge >= 0.3 is 161 Å². The van der Waals surface area contributed by atoms with Crippen LogP contribution in [-0.4, -0.2) is 0 Å². The molecule has 0 heterocycles. The van der Waals surface area contributed by atoms with Crippen LogP contribution in [0.3, 0.4) is 0 Å². The van der Waals surface area contributed by atoms with E-state index < -0.39 is 71.1 Å². The molecule has 12 aliphatic rings. The zero-order valence-electron chi connectivity index (χ0n) is 59.4. The Hall–Kier alpha value is 2.71. The molecule has 0 N–H and O–H groups in total. The van der Waals surface area contributed by atoms with Crippen molar-refractivity contribution in [3.63, 3.8) is 0 Å². The van der Waals surface area contributed by atoms with Crippen molar-refractivity contribution in [3.05, 3.63) is 202 Å². The first-order chi connectivity index (χ1) is 40.7. The quantitative estimate of drug-likeness (QED) is 0.146. The molecule has 14 atom stereocenters. The Bertz CT molecular complexity index is 2170. The molecule has 520 valence electrons. The van der Waals surface area contributed by atoms with Gasteiger partial charge in [0.25, 0.3) is 0 Å². The molecule has 14 unspecified atom stereocenters. The van der Waals surface area contributed by atoms with Gasteiger partial charge in [0.05, 0.1) is 0 Å². The standard InChI is InChI=1S/C32H48.C13H20.3C9H12.6CH3.10ClH.2Ti.2Zr/c1-9-10-19-32(8,22-13-11-12-14-22)29-27-20-23(30(2,3)4)15-17-25(27)26-18-16-24(21-28(26)29)31(5,6)7;1-13(2,3)12-9-8-10-6-4-5-7-11(10)12;3*1-2-5-9-7-3-6-8(9)4-1;;;;;;;;;;;;;;;;;;;;/h9,15-18,20-22,25-29H,1,10-14,19H2,2-8H3;4-7,10-12H,8-9H2,1-3H3;3*1-2,4-5,8-9H,3,6-7H2;6*1H3;10*1H;;;;/q;;;;;6*-1;;;;;;;;;;;4*+4/p-10. The Labute approximate surface area is 643 Å². The second-order valence-corrected chi connectivity index (χ2v) is 51.8. The van der Waals surface area contributed by atoms with Crippen LogP contribution in [-0.2, 0) is 71.1 Å². The molecular formula is C78H122Cl10Ti2Zr2. The van der Waals surface area contributed by atoms with Crippen LogP contribution in [0, 0.1) is 155 Å². The van der Waals surface area contributed by atoms with Crippen molar-refractivity contribution in [2.45, 2.75) is 178 Å². The fraction of sp³-hybridized carbons (Fsp3) is 0.590. The molecule has 0 saturated heterocycles. The fourth-order valence-corrected chi connectivity index (χ4v) is 16.4. The molecular weight excluding hydrogens is 1570 g/mol. The van der Waals surface area contributed by atoms with Crippen LogP contribution in [0.2, 0.25) is 0 Å². The van der Waals surface area contributed by atoms with Crippen molar-refractivity contribution in [1.29, 1.82) is 0 Å². The zero-order valence-corrected chi connectivity index (χ0v) is 75.0. The van der Waals surface area contributed by atoms with Gasteiger partial charge < -0.3 is 44.6 Å². The van der Waals surface area contributed by atoms with E-state index in [0.717, 1.165) is 65.6 Å². The summed E-state index contributed by atoms with van der Waals surface area (Å²) in [6.07, 6.45) is 78.1. The second kappa shape index (κ2) is 51.0. The minimum atomic E-state index is -1.92. The summed E-state index contributed by atoms with van der Waals surface area (Å²) in [5.74, 6) is 12.1. The van der Waals surface area contributed by atoms with Crippen molar-refractivity contribution in [2.75, 3.05) is 0 Å². The van der Waals surface area contributed by atoms with Crippen LogP contribution in [0.1, 0.15) is 178 Å². The number of hydrogen-bond acceptors (Lipinski definition) is 0. The van der Waals surface area contributed by atoms with Crippen LogP contribution < -0.4 is 0 Å². The van der Waals surface area contributed by atoms with E-state index in [-0.39, 0.29) is 55.4 Å². The SMILES string of the molecule is C1=CC2CCCC2C=C1.C1=CC2CCCC2C=C1.C1=CC2CCCC2C=C1.C=CCCC(C)(C1CCCC1)C1C2C=C(C(C)(C)C)C=CC2C2C=CC(C(C)(C)C)=CC21.CC(C)(C)C1CCC2C=CC=CC21.[CH3-].[CH3-].[CH3-].[CH3-].[CH3-].[CH3-].[Cl][Ti+]([Cl])[Cl].[Cl][Ti+]([Cl])[Cl].[Cl][Zr+2][Cl].[Cl][Zr+2][Cl]. The van der Waals surface area contributed by atoms with E-state index in [1.807, 2.05) is 0 Å². The topological polar surface area (TPSA) is 0 Å². The van der Waals surface area contributed by atoms with Gasteiger partial charge in [-0.3, -0.25) is 0 Å². The minimum absolute atomic E-state index is 0. The molecule has 92 heavy (non-hydrogen) atoms. The summed E-state index contributed by atoms with van der Waals surface area (Å²) >= 11 is -5.48. The van der Waals surface area contributed by atoms with Gasteiger partial charge in [0.2, 0.25) is 0 Å². The van der Waals surface area contributed by atoms with E-state index in [0.29, 0.717) is 40.4 Å². The van der Waals surface area contributed by atoms with Crippen LogP contribution in [0.25, 0.3) is 0 Å². The van der Waals surface area contributed by atoms with E-state index in [4.69, 9.17) is 89.9 Å². The monoisotopic (exact) mass is 1680 g/mol. The van der Waals surface area contributed by atoms with Crippen LogP contribution >= 0.6 is 89.9 Å². The van der Waals surface area contributed by atoms with Gasteiger partial charge in [-0.2, -0.15) is 0 Å². The number of rotatable bonds is 5. The van der Waals surface area contributed by atoms with Gasteiger partial charge in [-0.15, -0.1) is 6.58 Å². The zero-order chi connectivity index (χ0) is 63.7.